The zero-order valence-electron chi connectivity index (χ0n) is 10.6. The van der Waals surface area contributed by atoms with E-state index >= 15 is 0 Å². The summed E-state index contributed by atoms with van der Waals surface area (Å²) in [5.41, 5.74) is 5.17. The van der Waals surface area contributed by atoms with E-state index in [0.29, 0.717) is 13.0 Å². The van der Waals surface area contributed by atoms with Crippen LogP contribution >= 0.6 is 0 Å². The zero-order chi connectivity index (χ0) is 12.7. The summed E-state index contributed by atoms with van der Waals surface area (Å²) in [5, 5.41) is 2.87. The second kappa shape index (κ2) is 6.39. The number of amides is 1. The number of hydrogen-bond donors (Lipinski definition) is 2. The molecule has 1 unspecified atom stereocenters. The summed E-state index contributed by atoms with van der Waals surface area (Å²) in [6.07, 6.45) is 7.93. The first kappa shape index (κ1) is 13.7. The van der Waals surface area contributed by atoms with Crippen molar-refractivity contribution in [2.24, 2.45) is 5.73 Å². The Morgan fingerprint density at radius 2 is 2.35 bits per heavy atom. The van der Waals surface area contributed by atoms with Crippen LogP contribution in [0.3, 0.4) is 0 Å². The first-order valence-electron chi connectivity index (χ1n) is 6.09. The Labute approximate surface area is 102 Å². The van der Waals surface area contributed by atoms with Gasteiger partial charge in [0.05, 0.1) is 11.9 Å². The largest absolute Gasteiger partial charge is 0.354 e. The summed E-state index contributed by atoms with van der Waals surface area (Å²) < 4.78 is 1.99. The van der Waals surface area contributed by atoms with E-state index in [1.165, 1.54) is 0 Å². The van der Waals surface area contributed by atoms with Crippen LogP contribution in [0.5, 0.6) is 0 Å². The van der Waals surface area contributed by atoms with Gasteiger partial charge in [-0.3, -0.25) is 4.79 Å². The van der Waals surface area contributed by atoms with Gasteiger partial charge >= 0.3 is 0 Å². The van der Waals surface area contributed by atoms with Gasteiger partial charge in [0.2, 0.25) is 5.91 Å². The van der Waals surface area contributed by atoms with Gasteiger partial charge in [0.1, 0.15) is 0 Å². The van der Waals surface area contributed by atoms with Crippen LogP contribution in [0.1, 0.15) is 33.1 Å². The van der Waals surface area contributed by atoms with Gasteiger partial charge in [-0.15, -0.1) is 0 Å². The molecule has 0 radical (unpaired) electrons. The van der Waals surface area contributed by atoms with Crippen molar-refractivity contribution in [3.8, 4) is 0 Å². The maximum atomic E-state index is 11.8. The lowest BCUT2D eigenvalue weighted by Crippen LogP contribution is -2.51. The van der Waals surface area contributed by atoms with Crippen LogP contribution in [-0.2, 0) is 11.3 Å². The summed E-state index contributed by atoms with van der Waals surface area (Å²) in [6.45, 7) is 5.31. The minimum atomic E-state index is -0.746. The molecule has 0 aliphatic heterocycles. The van der Waals surface area contributed by atoms with Crippen molar-refractivity contribution in [2.45, 2.75) is 45.2 Å². The number of carbonyl (C=O) groups excluding carboxylic acids is 1. The van der Waals surface area contributed by atoms with Gasteiger partial charge in [-0.25, -0.2) is 4.98 Å². The molecule has 0 saturated heterocycles. The molecule has 1 aromatic rings. The van der Waals surface area contributed by atoms with Crippen molar-refractivity contribution in [1.29, 1.82) is 0 Å². The number of aromatic nitrogens is 2. The third-order valence-electron chi connectivity index (χ3n) is 2.73. The molecular weight excluding hydrogens is 216 g/mol. The van der Waals surface area contributed by atoms with Crippen LogP contribution < -0.4 is 11.1 Å². The van der Waals surface area contributed by atoms with Crippen LogP contribution in [-0.4, -0.2) is 27.5 Å². The van der Waals surface area contributed by atoms with Crippen LogP contribution in [0.15, 0.2) is 18.7 Å². The summed E-state index contributed by atoms with van der Waals surface area (Å²) in [4.78, 5) is 15.7. The Balaban J connectivity index is 2.20. The first-order valence-corrected chi connectivity index (χ1v) is 6.09. The van der Waals surface area contributed by atoms with Crippen molar-refractivity contribution in [2.75, 3.05) is 6.54 Å². The van der Waals surface area contributed by atoms with E-state index < -0.39 is 5.54 Å². The Morgan fingerprint density at radius 3 is 2.94 bits per heavy atom. The first-order chi connectivity index (χ1) is 8.06. The van der Waals surface area contributed by atoms with Gasteiger partial charge in [-0.1, -0.05) is 13.3 Å². The molecule has 1 rings (SSSR count). The maximum absolute atomic E-state index is 11.8. The van der Waals surface area contributed by atoms with E-state index in [0.717, 1.165) is 19.4 Å². The highest BCUT2D eigenvalue weighted by atomic mass is 16.2. The van der Waals surface area contributed by atoms with E-state index in [4.69, 9.17) is 5.73 Å². The summed E-state index contributed by atoms with van der Waals surface area (Å²) in [6, 6.07) is 0. The lowest BCUT2D eigenvalue weighted by molar-refractivity contribution is -0.126. The molecule has 0 spiro atoms. The van der Waals surface area contributed by atoms with Crippen LogP contribution in [0.4, 0.5) is 0 Å². The average Bonchev–Trinajstić information content (AvgIpc) is 2.76. The molecule has 0 aliphatic carbocycles. The molecule has 0 saturated carbocycles. The number of imidazole rings is 1. The average molecular weight is 238 g/mol. The Bertz CT molecular complexity index is 332. The molecule has 3 N–H and O–H groups in total. The van der Waals surface area contributed by atoms with Gasteiger partial charge < -0.3 is 15.6 Å². The van der Waals surface area contributed by atoms with Gasteiger partial charge in [-0.05, 0) is 19.8 Å². The van der Waals surface area contributed by atoms with Crippen molar-refractivity contribution >= 4 is 5.91 Å². The molecule has 5 heteroatoms. The number of hydrogen-bond acceptors (Lipinski definition) is 3. The lowest BCUT2D eigenvalue weighted by atomic mass is 9.96. The van der Waals surface area contributed by atoms with Crippen LogP contribution in [0.25, 0.3) is 0 Å². The minimum Gasteiger partial charge on any atom is -0.354 e. The second-order valence-corrected chi connectivity index (χ2v) is 4.58. The zero-order valence-corrected chi connectivity index (χ0v) is 10.6. The molecule has 17 heavy (non-hydrogen) atoms. The van der Waals surface area contributed by atoms with E-state index in [2.05, 4.69) is 10.3 Å². The van der Waals surface area contributed by atoms with E-state index in [1.54, 1.807) is 19.4 Å². The SMILES string of the molecule is CCCC(C)(N)C(=O)NCCCn1ccnc1. The van der Waals surface area contributed by atoms with E-state index in [1.807, 2.05) is 17.7 Å². The van der Waals surface area contributed by atoms with E-state index in [9.17, 15) is 4.79 Å². The number of nitrogens with zero attached hydrogens (tertiary/aromatic N) is 2. The minimum absolute atomic E-state index is 0.0648. The molecule has 0 aromatic carbocycles. The second-order valence-electron chi connectivity index (χ2n) is 4.58. The summed E-state index contributed by atoms with van der Waals surface area (Å²) in [5.74, 6) is -0.0648. The molecule has 0 aliphatic rings. The molecular formula is C12H22N4O. The predicted octanol–water partition coefficient (Wildman–Crippen LogP) is 0.907. The molecule has 0 bridgehead atoms. The van der Waals surface area contributed by atoms with Crippen molar-refractivity contribution in [3.05, 3.63) is 18.7 Å². The Morgan fingerprint density at radius 1 is 1.59 bits per heavy atom. The van der Waals surface area contributed by atoms with Crippen molar-refractivity contribution in [1.82, 2.24) is 14.9 Å². The van der Waals surface area contributed by atoms with Gasteiger partial charge in [0.15, 0.2) is 0 Å². The molecule has 1 heterocycles. The third-order valence-corrected chi connectivity index (χ3v) is 2.73. The smallest absolute Gasteiger partial charge is 0.239 e. The highest BCUT2D eigenvalue weighted by Gasteiger charge is 2.26. The third kappa shape index (κ3) is 4.56. The van der Waals surface area contributed by atoms with E-state index in [-0.39, 0.29) is 5.91 Å². The molecule has 1 amide bonds. The summed E-state index contributed by atoms with van der Waals surface area (Å²) in [7, 11) is 0. The maximum Gasteiger partial charge on any atom is 0.239 e. The standard InChI is InChI=1S/C12H22N4O/c1-3-5-12(2,13)11(17)15-6-4-8-16-9-7-14-10-16/h7,9-10H,3-6,8,13H2,1-2H3,(H,15,17). The Kier molecular flexibility index (Phi) is 5.15. The fraction of sp³-hybridized carbons (Fsp3) is 0.667. The molecule has 1 atom stereocenters. The number of nitrogens with one attached hydrogen (secondary N) is 1. The molecule has 5 nitrogen and oxygen atoms in total. The highest BCUT2D eigenvalue weighted by molar-refractivity contribution is 5.85. The predicted molar refractivity (Wildman–Crippen MR) is 67.4 cm³/mol. The number of nitrogens with two attached hydrogens (primary N) is 1. The van der Waals surface area contributed by atoms with Crippen LogP contribution in [0.2, 0.25) is 0 Å². The lowest BCUT2D eigenvalue weighted by Gasteiger charge is -2.22. The topological polar surface area (TPSA) is 72.9 Å². The number of rotatable bonds is 7. The number of carbonyl (C=O) groups is 1. The number of aryl methyl sites for hydroxylation is 1. The van der Waals surface area contributed by atoms with Crippen LogP contribution in [0, 0.1) is 0 Å². The fourth-order valence-corrected chi connectivity index (χ4v) is 1.72. The summed E-state index contributed by atoms with van der Waals surface area (Å²) >= 11 is 0. The monoisotopic (exact) mass is 238 g/mol. The van der Waals surface area contributed by atoms with Gasteiger partial charge in [-0.2, -0.15) is 0 Å². The molecule has 1 aromatic heterocycles. The van der Waals surface area contributed by atoms with Crippen molar-refractivity contribution < 1.29 is 4.79 Å². The molecule has 96 valence electrons. The normalized spacial score (nSPS) is 14.3. The van der Waals surface area contributed by atoms with Gasteiger partial charge in [0.25, 0.3) is 0 Å². The Hall–Kier alpha value is -1.36. The highest BCUT2D eigenvalue weighted by Crippen LogP contribution is 2.08. The molecule has 0 fully saturated rings. The quantitative estimate of drug-likeness (QED) is 0.693. The van der Waals surface area contributed by atoms with Crippen molar-refractivity contribution in [3.63, 3.8) is 0 Å². The fourth-order valence-electron chi connectivity index (χ4n) is 1.72. The van der Waals surface area contributed by atoms with Gasteiger partial charge in [0, 0.05) is 25.5 Å².